The zero-order chi connectivity index (χ0) is 18.2. The fourth-order valence-corrected chi connectivity index (χ4v) is 2.38. The minimum absolute atomic E-state index is 0.0669. The van der Waals surface area contributed by atoms with Gasteiger partial charge in [0.25, 0.3) is 0 Å². The molecule has 6 nitrogen and oxygen atoms in total. The Morgan fingerprint density at radius 3 is 1.91 bits per heavy atom. The van der Waals surface area contributed by atoms with Crippen LogP contribution in [-0.2, 0) is 14.4 Å². The number of amides is 2. The van der Waals surface area contributed by atoms with E-state index in [0.717, 1.165) is 0 Å². The number of hydrogen-bond donors (Lipinski definition) is 3. The summed E-state index contributed by atoms with van der Waals surface area (Å²) in [6, 6.07) is -0.651. The highest BCUT2D eigenvalue weighted by Crippen LogP contribution is 2.25. The molecule has 0 spiro atoms. The molecule has 0 heterocycles. The van der Waals surface area contributed by atoms with Gasteiger partial charge in [-0.25, -0.2) is 0 Å². The Kier molecular flexibility index (Phi) is 8.87. The molecule has 2 amide bonds. The van der Waals surface area contributed by atoms with Crippen molar-refractivity contribution in [1.29, 1.82) is 0 Å². The summed E-state index contributed by atoms with van der Waals surface area (Å²) in [4.78, 5) is 35.8. The zero-order valence-corrected chi connectivity index (χ0v) is 15.2. The topological polar surface area (TPSA) is 95.5 Å². The molecule has 0 rings (SSSR count). The Labute approximate surface area is 139 Å². The van der Waals surface area contributed by atoms with Gasteiger partial charge in [0.15, 0.2) is 0 Å². The first-order valence-electron chi connectivity index (χ1n) is 8.40. The van der Waals surface area contributed by atoms with Crippen molar-refractivity contribution in [3.05, 3.63) is 0 Å². The molecule has 0 saturated carbocycles. The molecule has 0 saturated heterocycles. The van der Waals surface area contributed by atoms with Gasteiger partial charge in [0.2, 0.25) is 11.8 Å². The molecule has 6 heteroatoms. The van der Waals surface area contributed by atoms with Gasteiger partial charge in [-0.3, -0.25) is 14.4 Å². The van der Waals surface area contributed by atoms with Crippen LogP contribution in [0.25, 0.3) is 0 Å². The number of carbonyl (C=O) groups is 3. The van der Waals surface area contributed by atoms with E-state index in [1.807, 2.05) is 27.7 Å². The van der Waals surface area contributed by atoms with Crippen molar-refractivity contribution in [2.75, 3.05) is 6.54 Å². The molecular formula is C17H32N2O4. The van der Waals surface area contributed by atoms with E-state index < -0.39 is 17.4 Å². The lowest BCUT2D eigenvalue weighted by Crippen LogP contribution is -2.52. The van der Waals surface area contributed by atoms with Crippen LogP contribution >= 0.6 is 0 Å². The van der Waals surface area contributed by atoms with E-state index in [-0.39, 0.29) is 30.2 Å². The molecule has 0 bridgehead atoms. The first-order valence-corrected chi connectivity index (χ1v) is 8.40. The van der Waals surface area contributed by atoms with Gasteiger partial charge >= 0.3 is 5.97 Å². The molecule has 0 aliphatic carbocycles. The minimum atomic E-state index is -0.959. The zero-order valence-electron chi connectivity index (χ0n) is 15.2. The van der Waals surface area contributed by atoms with E-state index in [2.05, 4.69) is 10.6 Å². The molecule has 1 unspecified atom stereocenters. The highest BCUT2D eigenvalue weighted by atomic mass is 16.4. The molecule has 0 aromatic heterocycles. The van der Waals surface area contributed by atoms with Gasteiger partial charge in [-0.15, -0.1) is 0 Å². The number of rotatable bonds is 10. The Hall–Kier alpha value is -1.59. The highest BCUT2D eigenvalue weighted by Gasteiger charge is 2.36. The average molecular weight is 328 g/mol. The summed E-state index contributed by atoms with van der Waals surface area (Å²) in [5, 5.41) is 14.9. The smallest absolute Gasteiger partial charge is 0.311 e. The second kappa shape index (κ2) is 9.53. The lowest BCUT2D eigenvalue weighted by molar-refractivity contribution is -0.149. The van der Waals surface area contributed by atoms with Gasteiger partial charge in [0.1, 0.15) is 6.04 Å². The number of carbonyl (C=O) groups excluding carboxylic acids is 2. The monoisotopic (exact) mass is 328 g/mol. The molecule has 0 aromatic carbocycles. The van der Waals surface area contributed by atoms with Crippen LogP contribution in [0.15, 0.2) is 0 Å². The molecule has 134 valence electrons. The first kappa shape index (κ1) is 21.4. The van der Waals surface area contributed by atoms with Crippen molar-refractivity contribution >= 4 is 17.8 Å². The molecule has 0 fully saturated rings. The number of aliphatic carboxylic acids is 1. The van der Waals surface area contributed by atoms with Crippen molar-refractivity contribution in [2.24, 2.45) is 17.3 Å². The van der Waals surface area contributed by atoms with Crippen molar-refractivity contribution in [1.82, 2.24) is 10.6 Å². The third-order valence-corrected chi connectivity index (χ3v) is 4.27. The predicted octanol–water partition coefficient (Wildman–Crippen LogP) is 2.18. The largest absolute Gasteiger partial charge is 0.481 e. The molecule has 0 aliphatic heterocycles. The maximum atomic E-state index is 12.4. The van der Waals surface area contributed by atoms with Crippen LogP contribution < -0.4 is 10.6 Å². The molecule has 3 N–H and O–H groups in total. The van der Waals surface area contributed by atoms with Crippen LogP contribution in [0.1, 0.15) is 60.8 Å². The Balaban J connectivity index is 4.87. The van der Waals surface area contributed by atoms with Crippen LogP contribution in [0, 0.1) is 17.3 Å². The van der Waals surface area contributed by atoms with Crippen LogP contribution in [0.2, 0.25) is 0 Å². The summed E-state index contributed by atoms with van der Waals surface area (Å²) in [7, 11) is 0. The van der Waals surface area contributed by atoms with E-state index in [1.54, 1.807) is 13.8 Å². The lowest BCUT2D eigenvalue weighted by atomic mass is 9.82. The van der Waals surface area contributed by atoms with Crippen LogP contribution in [0.3, 0.4) is 0 Å². The van der Waals surface area contributed by atoms with Crippen LogP contribution in [0.5, 0.6) is 0 Å². The summed E-state index contributed by atoms with van der Waals surface area (Å²) < 4.78 is 0. The highest BCUT2D eigenvalue weighted by molar-refractivity contribution is 5.88. The Morgan fingerprint density at radius 2 is 1.57 bits per heavy atom. The van der Waals surface area contributed by atoms with E-state index in [1.165, 1.54) is 0 Å². The number of carboxylic acid groups (broad SMARTS) is 1. The van der Waals surface area contributed by atoms with Gasteiger partial charge in [-0.1, -0.05) is 41.5 Å². The minimum Gasteiger partial charge on any atom is -0.481 e. The third-order valence-electron chi connectivity index (χ3n) is 4.27. The fraction of sp³-hybridized carbons (Fsp3) is 0.824. The predicted molar refractivity (Wildman–Crippen MR) is 89.9 cm³/mol. The van der Waals surface area contributed by atoms with E-state index in [0.29, 0.717) is 19.3 Å². The number of carboxylic acids is 1. The summed E-state index contributed by atoms with van der Waals surface area (Å²) >= 11 is 0. The van der Waals surface area contributed by atoms with Gasteiger partial charge in [0, 0.05) is 13.0 Å². The van der Waals surface area contributed by atoms with E-state index in [4.69, 9.17) is 0 Å². The van der Waals surface area contributed by atoms with Crippen LogP contribution in [0.4, 0.5) is 0 Å². The second-order valence-corrected chi connectivity index (χ2v) is 6.90. The Bertz CT molecular complexity index is 415. The number of nitrogens with one attached hydrogen (secondary N) is 2. The van der Waals surface area contributed by atoms with Gasteiger partial charge in [-0.05, 0) is 24.7 Å². The molecular weight excluding hydrogens is 296 g/mol. The lowest BCUT2D eigenvalue weighted by Gasteiger charge is -2.29. The SMILES string of the molecule is CCC(CC)(CNC(=O)C(NC(=O)CC(C)C)C(C)C)C(=O)O. The first-order chi connectivity index (χ1) is 10.6. The van der Waals surface area contributed by atoms with Crippen molar-refractivity contribution in [3.63, 3.8) is 0 Å². The molecule has 0 aromatic rings. The third kappa shape index (κ3) is 6.59. The summed E-state index contributed by atoms with van der Waals surface area (Å²) in [5.41, 5.74) is -0.959. The summed E-state index contributed by atoms with van der Waals surface area (Å²) in [6.45, 7) is 11.2. The normalized spacial score (nSPS) is 13.0. The molecule has 0 aliphatic rings. The van der Waals surface area contributed by atoms with Crippen molar-refractivity contribution < 1.29 is 19.5 Å². The van der Waals surface area contributed by atoms with Crippen molar-refractivity contribution in [2.45, 2.75) is 66.8 Å². The fourth-order valence-electron chi connectivity index (χ4n) is 2.38. The number of hydrogen-bond acceptors (Lipinski definition) is 3. The van der Waals surface area contributed by atoms with E-state index >= 15 is 0 Å². The molecule has 0 radical (unpaired) electrons. The summed E-state index contributed by atoms with van der Waals surface area (Å²) in [5.74, 6) is -1.26. The van der Waals surface area contributed by atoms with Crippen LogP contribution in [-0.4, -0.2) is 35.5 Å². The van der Waals surface area contributed by atoms with Gasteiger partial charge < -0.3 is 15.7 Å². The second-order valence-electron chi connectivity index (χ2n) is 6.90. The average Bonchev–Trinajstić information content (AvgIpc) is 2.44. The van der Waals surface area contributed by atoms with Gasteiger partial charge in [0.05, 0.1) is 5.41 Å². The Morgan fingerprint density at radius 1 is 1.04 bits per heavy atom. The van der Waals surface area contributed by atoms with E-state index in [9.17, 15) is 19.5 Å². The van der Waals surface area contributed by atoms with Crippen molar-refractivity contribution in [3.8, 4) is 0 Å². The molecule has 1 atom stereocenters. The van der Waals surface area contributed by atoms with Gasteiger partial charge in [-0.2, -0.15) is 0 Å². The maximum Gasteiger partial charge on any atom is 0.311 e. The maximum absolute atomic E-state index is 12.4. The molecule has 23 heavy (non-hydrogen) atoms. The summed E-state index contributed by atoms with van der Waals surface area (Å²) in [6.07, 6.45) is 1.23. The standard InChI is InChI=1S/C17H32N2O4/c1-7-17(8-2,16(22)23)10-18-15(21)14(12(5)6)19-13(20)9-11(3)4/h11-12,14H,7-10H2,1-6H3,(H,18,21)(H,19,20)(H,22,23). The quantitative estimate of drug-likeness (QED) is 0.573.